The smallest absolute Gasteiger partial charge is 0.0727 e. The summed E-state index contributed by atoms with van der Waals surface area (Å²) in [6.45, 7) is 27.5. The fourth-order valence-corrected chi connectivity index (χ4v) is 5.53. The fourth-order valence-electron chi connectivity index (χ4n) is 5.53. The first-order chi connectivity index (χ1) is 15.4. The van der Waals surface area contributed by atoms with Crippen LogP contribution in [0.4, 0.5) is 5.69 Å². The minimum atomic E-state index is 0.00296. The van der Waals surface area contributed by atoms with Gasteiger partial charge in [0.15, 0.2) is 0 Å². The average molecular weight is 461 g/mol. The molecule has 2 N–H and O–H groups in total. The molecule has 0 saturated heterocycles. The first-order valence-corrected chi connectivity index (χ1v) is 12.7. The Morgan fingerprint density at radius 3 is 1.88 bits per heavy atom. The molecule has 0 aliphatic carbocycles. The molecule has 1 unspecified atom stereocenters. The summed E-state index contributed by atoms with van der Waals surface area (Å²) in [5.74, 6) is 0. The molecule has 3 aromatic rings. The van der Waals surface area contributed by atoms with Crippen LogP contribution in [0.2, 0.25) is 0 Å². The van der Waals surface area contributed by atoms with Gasteiger partial charge in [0.25, 0.3) is 0 Å². The molecule has 4 rings (SSSR count). The average Bonchev–Trinajstić information content (AvgIpc) is 3.25. The van der Waals surface area contributed by atoms with E-state index < -0.39 is 0 Å². The molecule has 1 atom stereocenters. The van der Waals surface area contributed by atoms with E-state index >= 15 is 0 Å². The van der Waals surface area contributed by atoms with E-state index in [4.69, 9.17) is 9.97 Å². The van der Waals surface area contributed by atoms with Crippen LogP contribution in [0.15, 0.2) is 18.5 Å². The summed E-state index contributed by atoms with van der Waals surface area (Å²) in [5, 5.41) is 5.06. The van der Waals surface area contributed by atoms with Gasteiger partial charge in [0.2, 0.25) is 0 Å². The van der Waals surface area contributed by atoms with Gasteiger partial charge in [-0.3, -0.25) is 9.97 Å². The summed E-state index contributed by atoms with van der Waals surface area (Å²) in [7, 11) is 0. The molecule has 4 heterocycles. The van der Waals surface area contributed by atoms with Gasteiger partial charge in [0.1, 0.15) is 0 Å². The quantitative estimate of drug-likeness (QED) is 0.388. The van der Waals surface area contributed by atoms with Crippen molar-refractivity contribution in [3.63, 3.8) is 0 Å². The van der Waals surface area contributed by atoms with Crippen LogP contribution in [0, 0.1) is 0 Å². The van der Waals surface area contributed by atoms with Crippen molar-refractivity contribution in [1.29, 1.82) is 0 Å². The van der Waals surface area contributed by atoms with Crippen molar-refractivity contribution < 1.29 is 0 Å². The molecule has 1 aliphatic rings. The molecule has 0 fully saturated rings. The van der Waals surface area contributed by atoms with Gasteiger partial charge in [-0.15, -0.1) is 0 Å². The third kappa shape index (κ3) is 4.25. The summed E-state index contributed by atoms with van der Waals surface area (Å²) < 4.78 is 0. The van der Waals surface area contributed by atoms with Crippen LogP contribution in [-0.2, 0) is 28.1 Å². The van der Waals surface area contributed by atoms with E-state index in [9.17, 15) is 0 Å². The maximum absolute atomic E-state index is 4.95. The lowest BCUT2D eigenvalue weighted by Gasteiger charge is -2.31. The number of aromatic nitrogens is 3. The van der Waals surface area contributed by atoms with Crippen molar-refractivity contribution in [2.45, 2.75) is 117 Å². The van der Waals surface area contributed by atoms with Gasteiger partial charge in [0.05, 0.1) is 35.3 Å². The van der Waals surface area contributed by atoms with Crippen molar-refractivity contribution in [3.8, 4) is 0 Å². The number of aromatic amines is 1. The van der Waals surface area contributed by atoms with E-state index in [1.165, 1.54) is 33.5 Å². The Morgan fingerprint density at radius 2 is 1.35 bits per heavy atom. The molecule has 184 valence electrons. The summed E-state index contributed by atoms with van der Waals surface area (Å²) in [6.07, 6.45) is 5.01. The molecule has 4 heteroatoms. The highest BCUT2D eigenvalue weighted by atomic mass is 15.0. The molecule has 0 saturated carbocycles. The SMILES string of the molecule is CC(C)(C)c1ncc2c(c1C(C)(C)C)CC(c1cc3c(C(C)(C)C)c(C(C)(C)C)[nH]c3cn1)N2. The maximum Gasteiger partial charge on any atom is 0.0727 e. The highest BCUT2D eigenvalue weighted by Crippen LogP contribution is 2.45. The number of hydrogen-bond donors (Lipinski definition) is 2. The number of nitrogens with zero attached hydrogens (tertiary/aromatic N) is 2. The van der Waals surface area contributed by atoms with Crippen LogP contribution in [-0.4, -0.2) is 15.0 Å². The Balaban J connectivity index is 1.83. The van der Waals surface area contributed by atoms with Crippen LogP contribution in [0.3, 0.4) is 0 Å². The predicted octanol–water partition coefficient (Wildman–Crippen LogP) is 7.86. The molecule has 3 aromatic heterocycles. The maximum atomic E-state index is 4.95. The van der Waals surface area contributed by atoms with Crippen molar-refractivity contribution in [2.24, 2.45) is 0 Å². The summed E-state index contributed by atoms with van der Waals surface area (Å²) in [5.41, 5.74) is 10.2. The molecule has 0 bridgehead atoms. The number of fused-ring (bicyclic) bond motifs is 2. The van der Waals surface area contributed by atoms with Gasteiger partial charge >= 0.3 is 0 Å². The highest BCUT2D eigenvalue weighted by molar-refractivity contribution is 5.86. The largest absolute Gasteiger partial charge is 0.375 e. The van der Waals surface area contributed by atoms with Crippen LogP contribution in [0.5, 0.6) is 0 Å². The van der Waals surface area contributed by atoms with Gasteiger partial charge in [-0.1, -0.05) is 83.1 Å². The topological polar surface area (TPSA) is 53.6 Å². The molecule has 34 heavy (non-hydrogen) atoms. The predicted molar refractivity (Wildman–Crippen MR) is 145 cm³/mol. The minimum Gasteiger partial charge on any atom is -0.375 e. The Kier molecular flexibility index (Phi) is 5.51. The first-order valence-electron chi connectivity index (χ1n) is 12.7. The van der Waals surface area contributed by atoms with E-state index in [0.29, 0.717) is 0 Å². The van der Waals surface area contributed by atoms with Gasteiger partial charge in [-0.05, 0) is 33.6 Å². The molecule has 0 amide bonds. The second kappa shape index (κ2) is 7.57. The zero-order valence-electron chi connectivity index (χ0n) is 23.4. The third-order valence-electron chi connectivity index (χ3n) is 6.95. The number of hydrogen-bond acceptors (Lipinski definition) is 3. The van der Waals surface area contributed by atoms with Crippen molar-refractivity contribution in [2.75, 3.05) is 5.32 Å². The number of H-pyrrole nitrogens is 1. The monoisotopic (exact) mass is 460 g/mol. The summed E-state index contributed by atoms with van der Waals surface area (Å²) >= 11 is 0. The standard InChI is InChI=1S/C30H44N4/c1-27(2,3)23-18-14-20(33-21(18)16-32-25(23)29(7,8)9)19-13-17-22(15-31-19)34-26(30(10,11)12)24(17)28(4,5)6/h13,15-16,20,33-34H,14H2,1-12H3. The van der Waals surface area contributed by atoms with Crippen LogP contribution in [0.1, 0.15) is 123 Å². The Morgan fingerprint density at radius 1 is 0.735 bits per heavy atom. The van der Waals surface area contributed by atoms with E-state index in [1.807, 2.05) is 12.4 Å². The lowest BCUT2D eigenvalue weighted by Crippen LogP contribution is -2.25. The Labute approximate surface area is 206 Å². The van der Waals surface area contributed by atoms with Crippen LogP contribution < -0.4 is 5.32 Å². The summed E-state index contributed by atoms with van der Waals surface area (Å²) in [6, 6.07) is 2.47. The third-order valence-corrected chi connectivity index (χ3v) is 6.95. The second-order valence-corrected chi connectivity index (χ2v) is 14.3. The van der Waals surface area contributed by atoms with Gasteiger partial charge < -0.3 is 10.3 Å². The normalized spacial score (nSPS) is 17.2. The Bertz CT molecular complexity index is 1230. The molecular formula is C30H44N4. The number of pyridine rings is 2. The molecule has 4 nitrogen and oxygen atoms in total. The second-order valence-electron chi connectivity index (χ2n) is 14.3. The van der Waals surface area contributed by atoms with Crippen LogP contribution >= 0.6 is 0 Å². The molecule has 1 aliphatic heterocycles. The molecule has 0 spiro atoms. The number of rotatable bonds is 1. The first kappa shape index (κ1) is 24.8. The van der Waals surface area contributed by atoms with E-state index in [-0.39, 0.29) is 27.7 Å². The minimum absolute atomic E-state index is 0.00296. The zero-order chi connectivity index (χ0) is 25.4. The summed E-state index contributed by atoms with van der Waals surface area (Å²) in [4.78, 5) is 13.6. The number of nitrogens with one attached hydrogen (secondary N) is 2. The van der Waals surface area contributed by atoms with Crippen molar-refractivity contribution >= 4 is 16.6 Å². The van der Waals surface area contributed by atoms with Crippen molar-refractivity contribution in [1.82, 2.24) is 15.0 Å². The molecule has 0 radical (unpaired) electrons. The number of anilines is 1. The molecule has 0 aromatic carbocycles. The van der Waals surface area contributed by atoms with Gasteiger partial charge in [-0.2, -0.15) is 0 Å². The Hall–Kier alpha value is -2.36. The van der Waals surface area contributed by atoms with Crippen LogP contribution in [0.25, 0.3) is 10.9 Å². The fraction of sp³-hybridized carbons (Fsp3) is 0.600. The van der Waals surface area contributed by atoms with Gasteiger partial charge in [0, 0.05) is 34.0 Å². The lowest BCUT2D eigenvalue weighted by molar-refractivity contribution is 0.510. The zero-order valence-corrected chi connectivity index (χ0v) is 23.4. The highest BCUT2D eigenvalue weighted by Gasteiger charge is 2.36. The van der Waals surface area contributed by atoms with E-state index in [2.05, 4.69) is 99.5 Å². The van der Waals surface area contributed by atoms with E-state index in [0.717, 1.165) is 23.3 Å². The molecular weight excluding hydrogens is 416 g/mol. The van der Waals surface area contributed by atoms with Gasteiger partial charge in [-0.25, -0.2) is 0 Å². The van der Waals surface area contributed by atoms with Crippen molar-refractivity contribution in [3.05, 3.63) is 52.2 Å². The van der Waals surface area contributed by atoms with E-state index in [1.54, 1.807) is 0 Å². The lowest BCUT2D eigenvalue weighted by atomic mass is 9.75.